The van der Waals surface area contributed by atoms with Crippen LogP contribution in [0, 0.1) is 23.2 Å². The molecule has 0 unspecified atom stereocenters. The van der Waals surface area contributed by atoms with Crippen LogP contribution in [0.15, 0.2) is 36.1 Å². The van der Waals surface area contributed by atoms with Crippen LogP contribution in [0.3, 0.4) is 0 Å². The first-order valence-corrected chi connectivity index (χ1v) is 9.01. The van der Waals surface area contributed by atoms with E-state index in [4.69, 9.17) is 10.00 Å². The van der Waals surface area contributed by atoms with Gasteiger partial charge in [-0.3, -0.25) is 0 Å². The van der Waals surface area contributed by atoms with E-state index < -0.39 is 0 Å². The van der Waals surface area contributed by atoms with Crippen molar-refractivity contribution in [3.63, 3.8) is 0 Å². The fourth-order valence-corrected chi connectivity index (χ4v) is 4.52. The first-order valence-electron chi connectivity index (χ1n) is 9.01. The van der Waals surface area contributed by atoms with Crippen molar-refractivity contribution in [2.75, 3.05) is 7.11 Å². The Kier molecular flexibility index (Phi) is 5.39. The van der Waals surface area contributed by atoms with Gasteiger partial charge in [-0.15, -0.1) is 0 Å². The van der Waals surface area contributed by atoms with E-state index in [9.17, 15) is 0 Å². The molecule has 0 spiro atoms. The molecule has 0 radical (unpaired) electrons. The molecule has 0 heterocycles. The maximum Gasteiger partial charge on any atom is 0.0991 e. The van der Waals surface area contributed by atoms with Crippen molar-refractivity contribution in [1.29, 1.82) is 5.26 Å². The van der Waals surface area contributed by atoms with E-state index >= 15 is 0 Å². The summed E-state index contributed by atoms with van der Waals surface area (Å²) >= 11 is 0. The van der Waals surface area contributed by atoms with Crippen molar-refractivity contribution in [3.8, 4) is 6.07 Å². The number of benzene rings is 1. The van der Waals surface area contributed by atoms with E-state index in [-0.39, 0.29) is 0 Å². The minimum atomic E-state index is 0.700. The number of nitrogens with zero attached hydrogens (tertiary/aromatic N) is 1. The van der Waals surface area contributed by atoms with Crippen LogP contribution >= 0.6 is 0 Å². The lowest BCUT2D eigenvalue weighted by molar-refractivity contribution is 0.197. The zero-order valence-electron chi connectivity index (χ0n) is 14.1. The molecule has 122 valence electrons. The SMILES string of the molecule is COC=C1CCC([C@H]2CC[C@H](c3ccc(C#N)cc3)CC2)CC1. The van der Waals surface area contributed by atoms with Crippen molar-refractivity contribution >= 4 is 0 Å². The Bertz CT molecular complexity index is 563. The molecule has 0 bridgehead atoms. The summed E-state index contributed by atoms with van der Waals surface area (Å²) < 4.78 is 5.16. The molecule has 2 nitrogen and oxygen atoms in total. The summed E-state index contributed by atoms with van der Waals surface area (Å²) in [5.41, 5.74) is 3.69. The van der Waals surface area contributed by atoms with Crippen LogP contribution < -0.4 is 0 Å². The summed E-state index contributed by atoms with van der Waals surface area (Å²) in [7, 11) is 1.75. The summed E-state index contributed by atoms with van der Waals surface area (Å²) in [5, 5.41) is 8.91. The summed E-state index contributed by atoms with van der Waals surface area (Å²) in [6.07, 6.45) is 12.5. The fraction of sp³-hybridized carbons (Fsp3) is 0.571. The fourth-order valence-electron chi connectivity index (χ4n) is 4.52. The molecule has 1 aromatic carbocycles. The zero-order chi connectivity index (χ0) is 16.1. The predicted molar refractivity (Wildman–Crippen MR) is 92.9 cm³/mol. The molecule has 0 N–H and O–H groups in total. The van der Waals surface area contributed by atoms with Crippen molar-refractivity contribution in [2.24, 2.45) is 11.8 Å². The van der Waals surface area contributed by atoms with Crippen molar-refractivity contribution in [2.45, 2.75) is 57.3 Å². The average Bonchev–Trinajstić information content (AvgIpc) is 2.63. The number of ether oxygens (including phenoxy) is 1. The zero-order valence-corrected chi connectivity index (χ0v) is 14.1. The standard InChI is InChI=1S/C21H27NO/c1-23-15-17-4-8-19(9-5-17)21-12-10-20(11-13-21)18-6-2-16(14-22)3-7-18/h2-3,6-7,15,19-21H,4-5,8-13H2,1H3/t19?,20-,21-. The van der Waals surface area contributed by atoms with Crippen LogP contribution in [-0.2, 0) is 4.74 Å². The van der Waals surface area contributed by atoms with Gasteiger partial charge in [0.2, 0.25) is 0 Å². The molecule has 0 amide bonds. The van der Waals surface area contributed by atoms with Crippen molar-refractivity contribution in [3.05, 3.63) is 47.2 Å². The molecule has 2 saturated carbocycles. The number of hydrogen-bond acceptors (Lipinski definition) is 2. The minimum absolute atomic E-state index is 0.700. The molecule has 3 rings (SSSR count). The highest BCUT2D eigenvalue weighted by atomic mass is 16.5. The molecular weight excluding hydrogens is 282 g/mol. The van der Waals surface area contributed by atoms with Crippen LogP contribution in [0.25, 0.3) is 0 Å². The molecule has 23 heavy (non-hydrogen) atoms. The molecule has 2 aliphatic rings. The minimum Gasteiger partial charge on any atom is -0.504 e. The monoisotopic (exact) mass is 309 g/mol. The van der Waals surface area contributed by atoms with Crippen molar-refractivity contribution < 1.29 is 4.74 Å². The van der Waals surface area contributed by atoms with E-state index in [1.54, 1.807) is 7.11 Å². The molecule has 1 aromatic rings. The number of nitriles is 1. The van der Waals surface area contributed by atoms with E-state index in [0.717, 1.165) is 17.4 Å². The highest BCUT2D eigenvalue weighted by Crippen LogP contribution is 2.43. The normalized spacial score (nSPS) is 28.0. The van der Waals surface area contributed by atoms with Gasteiger partial charge in [-0.1, -0.05) is 12.1 Å². The number of allylic oxidation sites excluding steroid dienone is 1. The van der Waals surface area contributed by atoms with Gasteiger partial charge >= 0.3 is 0 Å². The van der Waals surface area contributed by atoms with Gasteiger partial charge < -0.3 is 4.74 Å². The van der Waals surface area contributed by atoms with Crippen LogP contribution in [0.2, 0.25) is 0 Å². The molecule has 0 atom stereocenters. The summed E-state index contributed by atoms with van der Waals surface area (Å²) in [6.45, 7) is 0. The maximum atomic E-state index is 8.91. The Balaban J connectivity index is 1.50. The number of hydrogen-bond donors (Lipinski definition) is 0. The Morgan fingerprint density at radius 2 is 1.57 bits per heavy atom. The second-order valence-corrected chi connectivity index (χ2v) is 7.19. The molecule has 2 aliphatic carbocycles. The highest BCUT2D eigenvalue weighted by molar-refractivity contribution is 5.33. The van der Waals surface area contributed by atoms with Gasteiger partial charge in [0.15, 0.2) is 0 Å². The Labute approximate surface area is 140 Å². The van der Waals surface area contributed by atoms with Crippen molar-refractivity contribution in [1.82, 2.24) is 0 Å². The topological polar surface area (TPSA) is 33.0 Å². The first kappa shape index (κ1) is 16.1. The summed E-state index contributed by atoms with van der Waals surface area (Å²) in [4.78, 5) is 0. The Morgan fingerprint density at radius 3 is 2.13 bits per heavy atom. The lowest BCUT2D eigenvalue weighted by Gasteiger charge is -2.36. The third-order valence-electron chi connectivity index (χ3n) is 5.91. The van der Waals surface area contributed by atoms with E-state index in [0.29, 0.717) is 5.92 Å². The van der Waals surface area contributed by atoms with Crippen LogP contribution in [0.5, 0.6) is 0 Å². The van der Waals surface area contributed by atoms with Crippen LogP contribution in [-0.4, -0.2) is 7.11 Å². The van der Waals surface area contributed by atoms with Gasteiger partial charge in [0.25, 0.3) is 0 Å². The quantitative estimate of drug-likeness (QED) is 0.685. The van der Waals surface area contributed by atoms with E-state index in [1.165, 1.54) is 62.5 Å². The summed E-state index contributed by atoms with van der Waals surface area (Å²) in [6, 6.07) is 10.5. The van der Waals surface area contributed by atoms with Crippen LogP contribution in [0.4, 0.5) is 0 Å². The van der Waals surface area contributed by atoms with E-state index in [1.807, 2.05) is 18.4 Å². The summed E-state index contributed by atoms with van der Waals surface area (Å²) in [5.74, 6) is 2.55. The maximum absolute atomic E-state index is 8.91. The second-order valence-electron chi connectivity index (χ2n) is 7.19. The molecule has 0 aromatic heterocycles. The third kappa shape index (κ3) is 3.96. The van der Waals surface area contributed by atoms with Gasteiger partial charge in [-0.05, 0) is 92.4 Å². The first-order chi connectivity index (χ1) is 11.3. The lowest BCUT2D eigenvalue weighted by Crippen LogP contribution is -2.23. The molecule has 0 saturated heterocycles. The third-order valence-corrected chi connectivity index (χ3v) is 5.91. The molecule has 0 aliphatic heterocycles. The molecular formula is C21H27NO. The largest absolute Gasteiger partial charge is 0.504 e. The Morgan fingerprint density at radius 1 is 0.957 bits per heavy atom. The number of methoxy groups -OCH3 is 1. The second kappa shape index (κ2) is 7.68. The lowest BCUT2D eigenvalue weighted by atomic mass is 9.69. The average molecular weight is 309 g/mol. The Hall–Kier alpha value is -1.75. The van der Waals surface area contributed by atoms with Crippen LogP contribution in [0.1, 0.15) is 68.4 Å². The van der Waals surface area contributed by atoms with Gasteiger partial charge in [0.1, 0.15) is 0 Å². The van der Waals surface area contributed by atoms with Gasteiger partial charge in [0, 0.05) is 0 Å². The van der Waals surface area contributed by atoms with Gasteiger partial charge in [-0.2, -0.15) is 5.26 Å². The predicted octanol–water partition coefficient (Wildman–Crippen LogP) is 5.55. The number of rotatable bonds is 3. The smallest absolute Gasteiger partial charge is 0.0991 e. The van der Waals surface area contributed by atoms with Gasteiger partial charge in [-0.25, -0.2) is 0 Å². The molecule has 2 fully saturated rings. The van der Waals surface area contributed by atoms with E-state index in [2.05, 4.69) is 18.2 Å². The van der Waals surface area contributed by atoms with Gasteiger partial charge in [0.05, 0.1) is 25.0 Å². The highest BCUT2D eigenvalue weighted by Gasteiger charge is 2.29. The molecule has 2 heteroatoms.